The molecular formula is C13H23F2NO4. The Morgan fingerprint density at radius 3 is 2.55 bits per heavy atom. The third-order valence-electron chi connectivity index (χ3n) is 2.99. The highest BCUT2D eigenvalue weighted by molar-refractivity contribution is 5.68. The Morgan fingerprint density at radius 1 is 1.40 bits per heavy atom. The maximum atomic E-state index is 12.9. The Morgan fingerprint density at radius 2 is 2.05 bits per heavy atom. The Balaban J connectivity index is 2.63. The van der Waals surface area contributed by atoms with Gasteiger partial charge in [0.1, 0.15) is 12.4 Å². The summed E-state index contributed by atoms with van der Waals surface area (Å²) < 4.78 is 41.1. The smallest absolute Gasteiger partial charge is 0.410 e. The number of alkyl halides is 2. The second-order valence-corrected chi connectivity index (χ2v) is 5.82. The van der Waals surface area contributed by atoms with Crippen molar-refractivity contribution in [2.45, 2.75) is 45.3 Å². The topological polar surface area (TPSA) is 48.0 Å². The summed E-state index contributed by atoms with van der Waals surface area (Å²) in [5.74, 6) is -0.885. The molecule has 1 fully saturated rings. The molecule has 0 spiro atoms. The Labute approximate surface area is 118 Å². The zero-order valence-electron chi connectivity index (χ0n) is 12.4. The number of nitrogens with zero attached hydrogens (tertiary/aromatic N) is 1. The van der Waals surface area contributed by atoms with Crippen molar-refractivity contribution in [2.75, 3.05) is 27.0 Å². The molecular weight excluding hydrogens is 272 g/mol. The van der Waals surface area contributed by atoms with E-state index in [4.69, 9.17) is 14.2 Å². The lowest BCUT2D eigenvalue weighted by molar-refractivity contribution is -0.138. The first-order valence-corrected chi connectivity index (χ1v) is 6.61. The van der Waals surface area contributed by atoms with Crippen molar-refractivity contribution in [1.82, 2.24) is 4.90 Å². The van der Waals surface area contributed by atoms with Crippen molar-refractivity contribution in [3.05, 3.63) is 0 Å². The molecule has 0 saturated carbocycles. The van der Waals surface area contributed by atoms with Crippen LogP contribution in [-0.4, -0.2) is 56.1 Å². The maximum Gasteiger partial charge on any atom is 0.410 e. The number of carbonyl (C=O) groups is 1. The molecule has 1 aliphatic heterocycles. The Kier molecular flexibility index (Phi) is 6.13. The van der Waals surface area contributed by atoms with Crippen LogP contribution in [0, 0.1) is 5.92 Å². The summed E-state index contributed by atoms with van der Waals surface area (Å²) in [6.07, 6.45) is -3.53. The second kappa shape index (κ2) is 7.17. The van der Waals surface area contributed by atoms with E-state index in [-0.39, 0.29) is 26.3 Å². The summed E-state index contributed by atoms with van der Waals surface area (Å²) in [4.78, 5) is 13.3. The number of methoxy groups -OCH3 is 1. The van der Waals surface area contributed by atoms with Crippen LogP contribution in [0.4, 0.5) is 13.6 Å². The van der Waals surface area contributed by atoms with E-state index in [0.717, 1.165) is 0 Å². The highest BCUT2D eigenvalue weighted by atomic mass is 19.3. The summed E-state index contributed by atoms with van der Waals surface area (Å²) in [6, 6.07) is 0. The number of ether oxygens (including phenoxy) is 3. The van der Waals surface area contributed by atoms with Gasteiger partial charge in [-0.2, -0.15) is 0 Å². The first kappa shape index (κ1) is 17.1. The molecule has 1 rings (SSSR count). The highest BCUT2D eigenvalue weighted by Crippen LogP contribution is 2.27. The van der Waals surface area contributed by atoms with Crippen molar-refractivity contribution >= 4 is 6.09 Å². The minimum absolute atomic E-state index is 0.0734. The van der Waals surface area contributed by atoms with Crippen LogP contribution >= 0.6 is 0 Å². The van der Waals surface area contributed by atoms with Crippen LogP contribution in [0.3, 0.4) is 0 Å². The largest absolute Gasteiger partial charge is 0.444 e. The van der Waals surface area contributed by atoms with Gasteiger partial charge < -0.3 is 19.1 Å². The number of likely N-dealkylation sites (tertiary alicyclic amines) is 1. The third-order valence-corrected chi connectivity index (χ3v) is 2.99. The fourth-order valence-corrected chi connectivity index (χ4v) is 2.05. The quantitative estimate of drug-likeness (QED) is 0.748. The molecule has 2 atom stereocenters. The number of carbonyl (C=O) groups excluding carboxylic acids is 1. The summed E-state index contributed by atoms with van der Waals surface area (Å²) in [6.45, 7) is 5.54. The number of rotatable bonds is 4. The number of hydrogen-bond acceptors (Lipinski definition) is 4. The van der Waals surface area contributed by atoms with Gasteiger partial charge in [0.2, 0.25) is 6.43 Å². The first-order chi connectivity index (χ1) is 9.24. The molecule has 5 nitrogen and oxygen atoms in total. The molecule has 0 aromatic carbocycles. The molecule has 1 heterocycles. The van der Waals surface area contributed by atoms with E-state index in [0.29, 0.717) is 0 Å². The van der Waals surface area contributed by atoms with Crippen LogP contribution in [0.2, 0.25) is 0 Å². The van der Waals surface area contributed by atoms with Crippen molar-refractivity contribution in [3.8, 4) is 0 Å². The van der Waals surface area contributed by atoms with E-state index in [1.54, 1.807) is 20.8 Å². The summed E-state index contributed by atoms with van der Waals surface area (Å²) in [7, 11) is 1.42. The number of piperidine rings is 1. The monoisotopic (exact) mass is 295 g/mol. The summed E-state index contributed by atoms with van der Waals surface area (Å²) in [5, 5.41) is 0. The molecule has 0 aromatic rings. The molecule has 118 valence electrons. The molecule has 2 unspecified atom stereocenters. The number of halogens is 2. The number of hydrogen-bond donors (Lipinski definition) is 0. The lowest BCUT2D eigenvalue weighted by Gasteiger charge is -2.38. The summed E-state index contributed by atoms with van der Waals surface area (Å²) in [5.41, 5.74) is -0.612. The molecule has 0 aliphatic carbocycles. The average Bonchev–Trinajstić information content (AvgIpc) is 2.33. The van der Waals surface area contributed by atoms with Gasteiger partial charge >= 0.3 is 6.09 Å². The maximum absolute atomic E-state index is 12.9. The zero-order valence-corrected chi connectivity index (χ0v) is 12.4. The van der Waals surface area contributed by atoms with E-state index >= 15 is 0 Å². The van der Waals surface area contributed by atoms with Crippen LogP contribution in [-0.2, 0) is 14.2 Å². The molecule has 1 amide bonds. The molecule has 0 bridgehead atoms. The fraction of sp³-hybridized carbons (Fsp3) is 0.923. The van der Waals surface area contributed by atoms with Gasteiger partial charge in [-0.05, 0) is 27.2 Å². The molecule has 1 saturated heterocycles. The van der Waals surface area contributed by atoms with Crippen LogP contribution in [0.25, 0.3) is 0 Å². The Hall–Kier alpha value is -0.950. The predicted molar refractivity (Wildman–Crippen MR) is 68.7 cm³/mol. The van der Waals surface area contributed by atoms with Gasteiger partial charge in [-0.15, -0.1) is 0 Å². The van der Waals surface area contributed by atoms with Gasteiger partial charge in [-0.1, -0.05) is 0 Å². The Bertz CT molecular complexity index is 320. The van der Waals surface area contributed by atoms with Crippen LogP contribution < -0.4 is 0 Å². The van der Waals surface area contributed by atoms with Crippen molar-refractivity contribution in [2.24, 2.45) is 5.92 Å². The third kappa shape index (κ3) is 5.20. The normalized spacial score (nSPS) is 24.1. The zero-order chi connectivity index (χ0) is 15.3. The van der Waals surface area contributed by atoms with Gasteiger partial charge in [0.15, 0.2) is 0 Å². The van der Waals surface area contributed by atoms with Gasteiger partial charge in [-0.25, -0.2) is 13.6 Å². The van der Waals surface area contributed by atoms with E-state index in [2.05, 4.69) is 0 Å². The van der Waals surface area contributed by atoms with E-state index in [1.807, 2.05) is 0 Å². The predicted octanol–water partition coefficient (Wildman–Crippen LogP) is 2.50. The standard InChI is InChI=1S/C13H23F2NO4/c1-13(2,3)20-12(17)16-6-5-9(11(14)15)10(7-16)19-8-18-4/h9-11H,5-8H2,1-4H3. The fourth-order valence-electron chi connectivity index (χ4n) is 2.05. The van der Waals surface area contributed by atoms with Gasteiger partial charge in [0, 0.05) is 19.6 Å². The molecule has 1 aliphatic rings. The highest BCUT2D eigenvalue weighted by Gasteiger charge is 2.38. The SMILES string of the molecule is COCOC1CN(C(=O)OC(C)(C)C)CCC1C(F)F. The summed E-state index contributed by atoms with van der Waals surface area (Å²) >= 11 is 0. The molecule has 0 N–H and O–H groups in total. The molecule has 20 heavy (non-hydrogen) atoms. The molecule has 0 radical (unpaired) electrons. The minimum Gasteiger partial charge on any atom is -0.444 e. The number of amides is 1. The van der Waals surface area contributed by atoms with Crippen LogP contribution in [0.15, 0.2) is 0 Å². The van der Waals surface area contributed by atoms with Crippen LogP contribution in [0.5, 0.6) is 0 Å². The van der Waals surface area contributed by atoms with Crippen molar-refractivity contribution < 1.29 is 27.8 Å². The van der Waals surface area contributed by atoms with Gasteiger partial charge in [0.05, 0.1) is 12.6 Å². The minimum atomic E-state index is -2.47. The lowest BCUT2D eigenvalue weighted by atomic mass is 9.94. The van der Waals surface area contributed by atoms with Crippen molar-refractivity contribution in [3.63, 3.8) is 0 Å². The molecule has 7 heteroatoms. The van der Waals surface area contributed by atoms with Gasteiger partial charge in [0.25, 0.3) is 0 Å². The van der Waals surface area contributed by atoms with Gasteiger partial charge in [-0.3, -0.25) is 0 Å². The van der Waals surface area contributed by atoms with E-state index in [1.165, 1.54) is 12.0 Å². The average molecular weight is 295 g/mol. The van der Waals surface area contributed by atoms with Crippen molar-refractivity contribution in [1.29, 1.82) is 0 Å². The second-order valence-electron chi connectivity index (χ2n) is 5.82. The molecule has 0 aromatic heterocycles. The van der Waals surface area contributed by atoms with E-state index in [9.17, 15) is 13.6 Å². The van der Waals surface area contributed by atoms with E-state index < -0.39 is 30.1 Å². The lowest BCUT2D eigenvalue weighted by Crippen LogP contribution is -2.51. The van der Waals surface area contributed by atoms with Crippen LogP contribution in [0.1, 0.15) is 27.2 Å². The first-order valence-electron chi connectivity index (χ1n) is 6.61.